The molecule has 18 heavy (non-hydrogen) atoms. The number of carboxylic acids is 1. The third kappa shape index (κ3) is 3.44. The van der Waals surface area contributed by atoms with E-state index in [1.165, 1.54) is 13.2 Å². The van der Waals surface area contributed by atoms with E-state index in [2.05, 4.69) is 21.2 Å². The fraction of sp³-hybridized carbons (Fsp3) is 0.273. The molecule has 1 amide bonds. The highest BCUT2D eigenvalue weighted by molar-refractivity contribution is 9.10. The highest BCUT2D eigenvalue weighted by atomic mass is 79.9. The molecule has 1 aromatic rings. The van der Waals surface area contributed by atoms with Gasteiger partial charge in [0.05, 0.1) is 19.3 Å². The lowest BCUT2D eigenvalue weighted by Gasteiger charge is -2.13. The molecule has 0 saturated carbocycles. The summed E-state index contributed by atoms with van der Waals surface area (Å²) in [4.78, 5) is 22.5. The first-order valence-corrected chi connectivity index (χ1v) is 5.77. The lowest BCUT2D eigenvalue weighted by Crippen LogP contribution is -2.43. The van der Waals surface area contributed by atoms with Crippen molar-refractivity contribution >= 4 is 27.8 Å². The highest BCUT2D eigenvalue weighted by Gasteiger charge is 2.21. The van der Waals surface area contributed by atoms with Gasteiger partial charge in [-0.05, 0) is 18.2 Å². The van der Waals surface area contributed by atoms with E-state index in [4.69, 9.17) is 14.9 Å². The summed E-state index contributed by atoms with van der Waals surface area (Å²) < 4.78 is 5.75. The normalized spacial score (nSPS) is 11.7. The number of amides is 1. The summed E-state index contributed by atoms with van der Waals surface area (Å²) in [5, 5.41) is 19.7. The van der Waals surface area contributed by atoms with Crippen LogP contribution < -0.4 is 10.1 Å². The molecular formula is C11H12BrNO5. The first-order chi connectivity index (χ1) is 8.49. The van der Waals surface area contributed by atoms with E-state index in [1.807, 2.05) is 0 Å². The predicted octanol–water partition coefficient (Wildman–Crippen LogP) is 0.633. The van der Waals surface area contributed by atoms with Crippen LogP contribution in [0, 0.1) is 0 Å². The van der Waals surface area contributed by atoms with E-state index >= 15 is 0 Å². The Labute approximate surface area is 112 Å². The summed E-state index contributed by atoms with van der Waals surface area (Å²) in [5.41, 5.74) is 0.195. The molecule has 0 aliphatic rings. The monoisotopic (exact) mass is 317 g/mol. The van der Waals surface area contributed by atoms with Crippen molar-refractivity contribution in [2.45, 2.75) is 6.04 Å². The van der Waals surface area contributed by atoms with Crippen molar-refractivity contribution in [3.8, 4) is 5.75 Å². The number of hydrogen-bond acceptors (Lipinski definition) is 4. The maximum absolute atomic E-state index is 11.8. The van der Waals surface area contributed by atoms with Gasteiger partial charge >= 0.3 is 5.97 Å². The molecule has 3 N–H and O–H groups in total. The number of methoxy groups -OCH3 is 1. The fourth-order valence-corrected chi connectivity index (χ4v) is 1.61. The zero-order valence-electron chi connectivity index (χ0n) is 9.51. The lowest BCUT2D eigenvalue weighted by atomic mass is 10.1. The largest absolute Gasteiger partial charge is 0.496 e. The minimum atomic E-state index is -1.34. The first-order valence-electron chi connectivity index (χ1n) is 4.97. The van der Waals surface area contributed by atoms with E-state index in [0.29, 0.717) is 5.75 Å². The minimum Gasteiger partial charge on any atom is -0.496 e. The Kier molecular flexibility index (Phi) is 5.11. The van der Waals surface area contributed by atoms with Gasteiger partial charge in [0.1, 0.15) is 5.75 Å². The van der Waals surface area contributed by atoms with Crippen molar-refractivity contribution in [2.75, 3.05) is 13.7 Å². The van der Waals surface area contributed by atoms with Gasteiger partial charge in [0.25, 0.3) is 5.91 Å². The number of nitrogens with one attached hydrogen (secondary N) is 1. The number of carboxylic acid groups (broad SMARTS) is 1. The van der Waals surface area contributed by atoms with Crippen LogP contribution in [0.15, 0.2) is 22.7 Å². The van der Waals surface area contributed by atoms with Crippen LogP contribution in [0.2, 0.25) is 0 Å². The number of rotatable bonds is 5. The van der Waals surface area contributed by atoms with Crippen molar-refractivity contribution in [3.05, 3.63) is 28.2 Å². The van der Waals surface area contributed by atoms with Crippen LogP contribution in [0.25, 0.3) is 0 Å². The van der Waals surface area contributed by atoms with Crippen LogP contribution >= 0.6 is 15.9 Å². The molecule has 6 nitrogen and oxygen atoms in total. The van der Waals surface area contributed by atoms with E-state index in [9.17, 15) is 9.59 Å². The fourth-order valence-electron chi connectivity index (χ4n) is 1.27. The Hall–Kier alpha value is -1.60. The van der Waals surface area contributed by atoms with Gasteiger partial charge < -0.3 is 20.3 Å². The average molecular weight is 318 g/mol. The Morgan fingerprint density at radius 3 is 2.67 bits per heavy atom. The standard InChI is InChI=1S/C11H12BrNO5/c1-18-9-4-6(12)2-3-7(9)10(15)13-8(5-14)11(16)17/h2-4,8,14H,5H2,1H3,(H,13,15)(H,16,17). The van der Waals surface area contributed by atoms with Crippen molar-refractivity contribution < 1.29 is 24.5 Å². The van der Waals surface area contributed by atoms with Crippen LogP contribution in [-0.4, -0.2) is 41.8 Å². The number of benzene rings is 1. The zero-order chi connectivity index (χ0) is 13.7. The van der Waals surface area contributed by atoms with E-state index < -0.39 is 24.5 Å². The maximum Gasteiger partial charge on any atom is 0.328 e. The van der Waals surface area contributed by atoms with Crippen molar-refractivity contribution in [1.82, 2.24) is 5.32 Å². The number of ether oxygens (including phenoxy) is 1. The number of aliphatic hydroxyl groups is 1. The van der Waals surface area contributed by atoms with E-state index in [1.54, 1.807) is 12.1 Å². The van der Waals surface area contributed by atoms with E-state index in [-0.39, 0.29) is 5.56 Å². The SMILES string of the molecule is COc1cc(Br)ccc1C(=O)NC(CO)C(=O)O. The van der Waals surface area contributed by atoms with Gasteiger partial charge in [0.2, 0.25) is 0 Å². The summed E-state index contributed by atoms with van der Waals surface area (Å²) in [7, 11) is 1.40. The molecule has 0 spiro atoms. The molecule has 0 radical (unpaired) electrons. The number of aliphatic hydroxyl groups excluding tert-OH is 1. The number of halogens is 1. The second kappa shape index (κ2) is 6.36. The van der Waals surface area contributed by atoms with Crippen LogP contribution in [0.4, 0.5) is 0 Å². The summed E-state index contributed by atoms with van der Waals surface area (Å²) in [6.45, 7) is -0.681. The van der Waals surface area contributed by atoms with Gasteiger partial charge in [0, 0.05) is 4.47 Å². The Bertz CT molecular complexity index is 463. The van der Waals surface area contributed by atoms with Crippen LogP contribution in [0.1, 0.15) is 10.4 Å². The number of aliphatic carboxylic acids is 1. The lowest BCUT2D eigenvalue weighted by molar-refractivity contribution is -0.140. The first kappa shape index (κ1) is 14.5. The van der Waals surface area contributed by atoms with Crippen molar-refractivity contribution in [3.63, 3.8) is 0 Å². The number of carbonyl (C=O) groups is 2. The molecule has 0 bridgehead atoms. The molecular weight excluding hydrogens is 306 g/mol. The number of hydrogen-bond donors (Lipinski definition) is 3. The molecule has 1 unspecified atom stereocenters. The van der Waals surface area contributed by atoms with Gasteiger partial charge in [0.15, 0.2) is 6.04 Å². The van der Waals surface area contributed by atoms with Gasteiger partial charge in [-0.15, -0.1) is 0 Å². The summed E-state index contributed by atoms with van der Waals surface area (Å²) in [6, 6.07) is 3.37. The van der Waals surface area contributed by atoms with Crippen molar-refractivity contribution in [2.24, 2.45) is 0 Å². The molecule has 0 aromatic heterocycles. The van der Waals surface area contributed by atoms with Crippen molar-refractivity contribution in [1.29, 1.82) is 0 Å². The molecule has 0 aliphatic carbocycles. The molecule has 0 fully saturated rings. The Balaban J connectivity index is 2.93. The molecule has 7 heteroatoms. The molecule has 1 atom stereocenters. The third-order valence-corrected chi connectivity index (χ3v) is 2.69. The summed E-state index contributed by atoms with van der Waals surface area (Å²) in [5.74, 6) is -1.62. The molecule has 1 rings (SSSR count). The second-order valence-electron chi connectivity index (χ2n) is 3.39. The van der Waals surface area contributed by atoms with Crippen LogP contribution in [-0.2, 0) is 4.79 Å². The van der Waals surface area contributed by atoms with Gasteiger partial charge in [-0.25, -0.2) is 4.79 Å². The van der Waals surface area contributed by atoms with Gasteiger partial charge in [-0.3, -0.25) is 4.79 Å². The minimum absolute atomic E-state index is 0.195. The molecule has 0 heterocycles. The molecule has 98 valence electrons. The van der Waals surface area contributed by atoms with Crippen LogP contribution in [0.3, 0.4) is 0 Å². The van der Waals surface area contributed by atoms with Crippen LogP contribution in [0.5, 0.6) is 5.75 Å². The number of carbonyl (C=O) groups excluding carboxylic acids is 1. The predicted molar refractivity (Wildman–Crippen MR) is 66.7 cm³/mol. The van der Waals surface area contributed by atoms with E-state index in [0.717, 1.165) is 4.47 Å². The Morgan fingerprint density at radius 2 is 2.17 bits per heavy atom. The molecule has 0 saturated heterocycles. The third-order valence-electron chi connectivity index (χ3n) is 2.19. The average Bonchev–Trinajstić information content (AvgIpc) is 2.34. The smallest absolute Gasteiger partial charge is 0.328 e. The second-order valence-corrected chi connectivity index (χ2v) is 4.31. The Morgan fingerprint density at radius 1 is 1.50 bits per heavy atom. The molecule has 0 aliphatic heterocycles. The topological polar surface area (TPSA) is 95.9 Å². The quantitative estimate of drug-likeness (QED) is 0.740. The molecule has 1 aromatic carbocycles. The maximum atomic E-state index is 11.8. The summed E-state index contributed by atoms with van der Waals surface area (Å²) in [6.07, 6.45) is 0. The highest BCUT2D eigenvalue weighted by Crippen LogP contribution is 2.23. The van der Waals surface area contributed by atoms with Gasteiger partial charge in [-0.1, -0.05) is 15.9 Å². The zero-order valence-corrected chi connectivity index (χ0v) is 11.1. The van der Waals surface area contributed by atoms with Gasteiger partial charge in [-0.2, -0.15) is 0 Å². The summed E-state index contributed by atoms with van der Waals surface area (Å²) >= 11 is 3.23.